The first-order valence-electron chi connectivity index (χ1n) is 10.3. The summed E-state index contributed by atoms with van der Waals surface area (Å²) < 4.78 is 1.80. The number of halogens is 2. The zero-order valence-corrected chi connectivity index (χ0v) is 21.1. The highest BCUT2D eigenvalue weighted by molar-refractivity contribution is 7.99. The minimum Gasteiger partial charge on any atom is -0.342 e. The highest BCUT2D eigenvalue weighted by atomic mass is 35.5. The van der Waals surface area contributed by atoms with E-state index in [2.05, 4.69) is 20.8 Å². The van der Waals surface area contributed by atoms with E-state index >= 15 is 0 Å². The number of aromatic nitrogens is 3. The van der Waals surface area contributed by atoms with Crippen molar-refractivity contribution < 1.29 is 9.59 Å². The van der Waals surface area contributed by atoms with Crippen molar-refractivity contribution in [2.45, 2.75) is 32.0 Å². The standard InChI is InChI=1S/C23H25Cl2N5O2S/c1-13(2)20(27-22(32)15-6-8-16(24)9-7-15)21-28-29-23(30(21)4)33-12-19(31)26-17-10-5-14(3)18(25)11-17/h5-11,13,20H,12H2,1-4H3,(H,26,31)(H,27,32)/t20-/m0/s1. The summed E-state index contributed by atoms with van der Waals surface area (Å²) in [6.45, 7) is 5.89. The summed E-state index contributed by atoms with van der Waals surface area (Å²) in [7, 11) is 1.82. The molecule has 10 heteroatoms. The number of benzene rings is 2. The fourth-order valence-electron chi connectivity index (χ4n) is 3.08. The molecule has 33 heavy (non-hydrogen) atoms. The molecule has 0 radical (unpaired) electrons. The van der Waals surface area contributed by atoms with Gasteiger partial charge in [0.25, 0.3) is 5.91 Å². The van der Waals surface area contributed by atoms with E-state index in [1.807, 2.05) is 33.9 Å². The lowest BCUT2D eigenvalue weighted by Crippen LogP contribution is -2.33. The molecule has 0 saturated carbocycles. The zero-order valence-electron chi connectivity index (χ0n) is 18.7. The molecule has 0 aliphatic heterocycles. The maximum atomic E-state index is 12.7. The third-order valence-electron chi connectivity index (χ3n) is 4.99. The van der Waals surface area contributed by atoms with Crippen molar-refractivity contribution in [1.29, 1.82) is 0 Å². The van der Waals surface area contributed by atoms with Crippen LogP contribution in [0.4, 0.5) is 5.69 Å². The van der Waals surface area contributed by atoms with Gasteiger partial charge in [0.2, 0.25) is 5.91 Å². The van der Waals surface area contributed by atoms with Crippen molar-refractivity contribution >= 4 is 52.5 Å². The number of rotatable bonds is 8. The zero-order chi connectivity index (χ0) is 24.1. The lowest BCUT2D eigenvalue weighted by molar-refractivity contribution is -0.113. The van der Waals surface area contributed by atoms with Crippen LogP contribution < -0.4 is 10.6 Å². The van der Waals surface area contributed by atoms with E-state index in [4.69, 9.17) is 23.2 Å². The SMILES string of the molecule is Cc1ccc(NC(=O)CSc2nnc([C@@H](NC(=O)c3ccc(Cl)cc3)C(C)C)n2C)cc1Cl. The maximum absolute atomic E-state index is 12.7. The molecule has 0 bridgehead atoms. The Morgan fingerprint density at radius 1 is 1.09 bits per heavy atom. The first-order valence-corrected chi connectivity index (χ1v) is 12.0. The van der Waals surface area contributed by atoms with Crippen molar-refractivity contribution in [2.75, 3.05) is 11.1 Å². The average Bonchev–Trinajstić information content (AvgIpc) is 3.13. The van der Waals surface area contributed by atoms with Crippen molar-refractivity contribution in [3.8, 4) is 0 Å². The number of amides is 2. The van der Waals surface area contributed by atoms with Gasteiger partial charge in [0, 0.05) is 28.3 Å². The predicted molar refractivity (Wildman–Crippen MR) is 133 cm³/mol. The Hall–Kier alpha value is -2.55. The molecule has 1 atom stereocenters. The number of anilines is 1. The van der Waals surface area contributed by atoms with Gasteiger partial charge < -0.3 is 15.2 Å². The number of hydrogen-bond acceptors (Lipinski definition) is 5. The predicted octanol–water partition coefficient (Wildman–Crippen LogP) is 5.29. The number of carbonyl (C=O) groups excluding carboxylic acids is 2. The van der Waals surface area contributed by atoms with Crippen LogP contribution in [0.15, 0.2) is 47.6 Å². The van der Waals surface area contributed by atoms with Crippen LogP contribution in [-0.2, 0) is 11.8 Å². The molecule has 7 nitrogen and oxygen atoms in total. The Labute approximate surface area is 207 Å². The van der Waals surface area contributed by atoms with Gasteiger partial charge in [-0.25, -0.2) is 0 Å². The number of aryl methyl sites for hydroxylation is 1. The number of hydrogen-bond donors (Lipinski definition) is 2. The Balaban J connectivity index is 1.65. The van der Waals surface area contributed by atoms with Crippen LogP contribution in [0.1, 0.15) is 41.6 Å². The Morgan fingerprint density at radius 3 is 2.42 bits per heavy atom. The summed E-state index contributed by atoms with van der Waals surface area (Å²) in [6, 6.07) is 11.7. The van der Waals surface area contributed by atoms with Gasteiger partial charge in [-0.15, -0.1) is 10.2 Å². The maximum Gasteiger partial charge on any atom is 0.251 e. The number of nitrogens with zero attached hydrogens (tertiary/aromatic N) is 3. The second kappa shape index (κ2) is 11.0. The summed E-state index contributed by atoms with van der Waals surface area (Å²) in [5.41, 5.74) is 2.09. The second-order valence-corrected chi connectivity index (χ2v) is 9.69. The molecule has 2 aromatic carbocycles. The second-order valence-electron chi connectivity index (χ2n) is 7.90. The van der Waals surface area contributed by atoms with Crippen LogP contribution in [0.5, 0.6) is 0 Å². The molecule has 3 aromatic rings. The molecule has 2 N–H and O–H groups in total. The van der Waals surface area contributed by atoms with Crippen molar-refractivity contribution in [2.24, 2.45) is 13.0 Å². The molecular formula is C23H25Cl2N5O2S. The summed E-state index contributed by atoms with van der Waals surface area (Å²) in [5.74, 6) is 0.428. The third-order valence-corrected chi connectivity index (χ3v) is 6.67. The molecule has 0 unspecified atom stereocenters. The van der Waals surface area contributed by atoms with Crippen LogP contribution in [-0.4, -0.2) is 32.3 Å². The molecule has 2 amide bonds. The van der Waals surface area contributed by atoms with Crippen LogP contribution in [0.2, 0.25) is 10.0 Å². The number of carbonyl (C=O) groups is 2. The van der Waals surface area contributed by atoms with Gasteiger partial charge in [-0.2, -0.15) is 0 Å². The summed E-state index contributed by atoms with van der Waals surface area (Å²) >= 11 is 13.3. The van der Waals surface area contributed by atoms with Gasteiger partial charge in [0.05, 0.1) is 11.8 Å². The quantitative estimate of drug-likeness (QED) is 0.406. The van der Waals surface area contributed by atoms with Gasteiger partial charge in [0.15, 0.2) is 11.0 Å². The fourth-order valence-corrected chi connectivity index (χ4v) is 4.10. The molecule has 0 spiro atoms. The van der Waals surface area contributed by atoms with Gasteiger partial charge in [-0.3, -0.25) is 9.59 Å². The fraction of sp³-hybridized carbons (Fsp3) is 0.304. The first kappa shape index (κ1) is 25.1. The Bertz CT molecular complexity index is 1150. The third kappa shape index (κ3) is 6.50. The molecule has 0 fully saturated rings. The number of nitrogens with one attached hydrogen (secondary N) is 2. The van der Waals surface area contributed by atoms with E-state index in [9.17, 15) is 9.59 Å². The van der Waals surface area contributed by atoms with E-state index in [1.54, 1.807) is 41.0 Å². The van der Waals surface area contributed by atoms with E-state index in [0.29, 0.717) is 32.3 Å². The summed E-state index contributed by atoms with van der Waals surface area (Å²) in [4.78, 5) is 25.1. The highest BCUT2D eigenvalue weighted by Crippen LogP contribution is 2.25. The van der Waals surface area contributed by atoms with Crippen molar-refractivity contribution in [1.82, 2.24) is 20.1 Å². The largest absolute Gasteiger partial charge is 0.342 e. The number of thioether (sulfide) groups is 1. The van der Waals surface area contributed by atoms with Crippen LogP contribution >= 0.6 is 35.0 Å². The summed E-state index contributed by atoms with van der Waals surface area (Å²) in [5, 5.41) is 16.1. The molecule has 1 aromatic heterocycles. The Morgan fingerprint density at radius 2 is 1.79 bits per heavy atom. The molecular weight excluding hydrogens is 481 g/mol. The van der Waals surface area contributed by atoms with Gasteiger partial charge in [-0.1, -0.05) is 54.9 Å². The van der Waals surface area contributed by atoms with E-state index < -0.39 is 0 Å². The van der Waals surface area contributed by atoms with Crippen molar-refractivity contribution in [3.05, 3.63) is 69.5 Å². The van der Waals surface area contributed by atoms with E-state index in [1.165, 1.54) is 11.8 Å². The van der Waals surface area contributed by atoms with Crippen LogP contribution in [0, 0.1) is 12.8 Å². The molecule has 0 aliphatic rings. The smallest absolute Gasteiger partial charge is 0.251 e. The summed E-state index contributed by atoms with van der Waals surface area (Å²) in [6.07, 6.45) is 0. The monoisotopic (exact) mass is 505 g/mol. The highest BCUT2D eigenvalue weighted by Gasteiger charge is 2.25. The molecule has 0 aliphatic carbocycles. The Kier molecular flexibility index (Phi) is 8.40. The average molecular weight is 506 g/mol. The molecule has 3 rings (SSSR count). The normalized spacial score (nSPS) is 12.0. The van der Waals surface area contributed by atoms with Gasteiger partial charge in [-0.05, 0) is 54.8 Å². The lowest BCUT2D eigenvalue weighted by Gasteiger charge is -2.21. The molecule has 1 heterocycles. The minimum absolute atomic E-state index is 0.0663. The van der Waals surface area contributed by atoms with Crippen LogP contribution in [0.3, 0.4) is 0 Å². The topological polar surface area (TPSA) is 88.9 Å². The van der Waals surface area contributed by atoms with E-state index in [0.717, 1.165) is 5.56 Å². The first-order chi connectivity index (χ1) is 15.7. The minimum atomic E-state index is -0.358. The van der Waals surface area contributed by atoms with E-state index in [-0.39, 0.29) is 29.5 Å². The molecule has 174 valence electrons. The van der Waals surface area contributed by atoms with Gasteiger partial charge >= 0.3 is 0 Å². The molecule has 0 saturated heterocycles. The lowest BCUT2D eigenvalue weighted by atomic mass is 10.0. The van der Waals surface area contributed by atoms with Crippen LogP contribution in [0.25, 0.3) is 0 Å². The van der Waals surface area contributed by atoms with Crippen molar-refractivity contribution in [3.63, 3.8) is 0 Å². The van der Waals surface area contributed by atoms with Gasteiger partial charge in [0.1, 0.15) is 0 Å².